The Balaban J connectivity index is 1.55. The van der Waals surface area contributed by atoms with E-state index in [4.69, 9.17) is 0 Å². The Morgan fingerprint density at radius 1 is 0.903 bits per heavy atom. The van der Waals surface area contributed by atoms with Gasteiger partial charge in [-0.05, 0) is 43.2 Å². The average Bonchev–Trinajstić information content (AvgIpc) is 3.01. The number of carbonyl (C=O) groups is 2. The first-order valence-electron chi connectivity index (χ1n) is 9.98. The van der Waals surface area contributed by atoms with Crippen LogP contribution in [-0.4, -0.2) is 39.3 Å². The van der Waals surface area contributed by atoms with E-state index in [0.717, 1.165) is 19.3 Å². The number of nitrogens with zero attached hydrogens (tertiary/aromatic N) is 1. The molecule has 1 heterocycles. The van der Waals surface area contributed by atoms with Crippen LogP contribution in [0.5, 0.6) is 0 Å². The quantitative estimate of drug-likeness (QED) is 0.547. The molecule has 3 amide bonds. The average molecular weight is 444 g/mol. The fourth-order valence-corrected chi connectivity index (χ4v) is 4.11. The van der Waals surface area contributed by atoms with Crippen LogP contribution >= 0.6 is 0 Å². The lowest BCUT2D eigenvalue weighted by atomic mass is 10.2. The molecule has 0 bridgehead atoms. The van der Waals surface area contributed by atoms with Crippen molar-refractivity contribution in [2.75, 3.05) is 23.7 Å². The molecule has 31 heavy (non-hydrogen) atoms. The second-order valence-electron chi connectivity index (χ2n) is 6.99. The van der Waals surface area contributed by atoms with Gasteiger partial charge in [0.05, 0.1) is 11.4 Å². The molecule has 2 aromatic carbocycles. The van der Waals surface area contributed by atoms with E-state index in [1.54, 1.807) is 30.3 Å². The molecule has 164 valence electrons. The summed E-state index contributed by atoms with van der Waals surface area (Å²) in [7, 11) is -3.81. The van der Waals surface area contributed by atoms with Crippen LogP contribution in [0.3, 0.4) is 0 Å². The third-order valence-electron chi connectivity index (χ3n) is 4.50. The number of amides is 3. The molecule has 0 fully saturated rings. The molecule has 9 nitrogen and oxygen atoms in total. The van der Waals surface area contributed by atoms with Crippen molar-refractivity contribution in [3.05, 3.63) is 54.6 Å². The molecule has 0 spiro atoms. The van der Waals surface area contributed by atoms with Crippen molar-refractivity contribution in [2.45, 2.75) is 30.6 Å². The number of hydrogen-bond acceptors (Lipinski definition) is 5. The number of urea groups is 1. The summed E-state index contributed by atoms with van der Waals surface area (Å²) in [6, 6.07) is 14.2. The molecule has 4 N–H and O–H groups in total. The maximum absolute atomic E-state index is 12.7. The highest BCUT2D eigenvalue weighted by atomic mass is 32.2. The fraction of sp³-hybridized carbons (Fsp3) is 0.286. The Hall–Kier alpha value is -3.40. The largest absolute Gasteiger partial charge is 0.329 e. The first-order chi connectivity index (χ1) is 14.9. The normalized spacial score (nSPS) is 14.0. The Kier molecular flexibility index (Phi) is 7.60. The van der Waals surface area contributed by atoms with Gasteiger partial charge in [0.25, 0.3) is 10.0 Å². The molecular weight excluding hydrogens is 418 g/mol. The van der Waals surface area contributed by atoms with E-state index in [2.05, 4.69) is 25.7 Å². The lowest BCUT2D eigenvalue weighted by Crippen LogP contribution is -2.35. The van der Waals surface area contributed by atoms with Crippen LogP contribution in [0.4, 0.5) is 16.2 Å². The van der Waals surface area contributed by atoms with Crippen molar-refractivity contribution in [3.63, 3.8) is 0 Å². The van der Waals surface area contributed by atoms with Gasteiger partial charge in [-0.1, -0.05) is 30.7 Å². The number of nitrogens with one attached hydrogen (secondary N) is 4. The van der Waals surface area contributed by atoms with E-state index < -0.39 is 22.0 Å². The number of aliphatic imine (C=N–C) groups is 1. The lowest BCUT2D eigenvalue weighted by molar-refractivity contribution is -0.115. The Morgan fingerprint density at radius 2 is 1.68 bits per heavy atom. The fourth-order valence-electron chi connectivity index (χ4n) is 2.97. The number of anilines is 2. The second kappa shape index (κ2) is 10.6. The second-order valence-corrected chi connectivity index (χ2v) is 8.68. The highest BCUT2D eigenvalue weighted by molar-refractivity contribution is 7.90. The zero-order chi connectivity index (χ0) is 22.1. The minimum Gasteiger partial charge on any atom is -0.329 e. The molecule has 2 aromatic rings. The molecule has 0 radical (unpaired) electrons. The standard InChI is InChI=1S/C21H25N5O4S/c27-20(15-23-21(28)25-16-8-3-1-4-9-16)24-17-10-7-11-18(14-17)31(29,30)26-19-12-5-2-6-13-22-19/h1,3-4,7-11,14H,2,5-6,12-13,15H2,(H,22,26)(H,24,27)(H2,23,25,28). The lowest BCUT2D eigenvalue weighted by Gasteiger charge is -2.12. The monoisotopic (exact) mass is 443 g/mol. The summed E-state index contributed by atoms with van der Waals surface area (Å²) in [6.07, 6.45) is 3.45. The summed E-state index contributed by atoms with van der Waals surface area (Å²) in [5.41, 5.74) is 0.907. The number of sulfonamides is 1. The van der Waals surface area contributed by atoms with E-state index >= 15 is 0 Å². The molecule has 10 heteroatoms. The van der Waals surface area contributed by atoms with Crippen molar-refractivity contribution < 1.29 is 18.0 Å². The van der Waals surface area contributed by atoms with Crippen molar-refractivity contribution in [1.82, 2.24) is 10.0 Å². The smallest absolute Gasteiger partial charge is 0.319 e. The molecule has 0 saturated carbocycles. The topological polar surface area (TPSA) is 129 Å². The minimum absolute atomic E-state index is 0.0204. The van der Waals surface area contributed by atoms with Gasteiger partial charge in [0.2, 0.25) is 5.91 Å². The van der Waals surface area contributed by atoms with Crippen LogP contribution in [0.15, 0.2) is 64.5 Å². The van der Waals surface area contributed by atoms with Crippen LogP contribution in [0.1, 0.15) is 25.7 Å². The molecule has 0 saturated heterocycles. The molecule has 0 unspecified atom stereocenters. The highest BCUT2D eigenvalue weighted by Gasteiger charge is 2.18. The molecular formula is C21H25N5O4S. The third-order valence-corrected chi connectivity index (χ3v) is 5.87. The van der Waals surface area contributed by atoms with Gasteiger partial charge in [-0.15, -0.1) is 0 Å². The zero-order valence-electron chi connectivity index (χ0n) is 16.9. The number of amidine groups is 1. The van der Waals surface area contributed by atoms with Crippen molar-refractivity contribution in [3.8, 4) is 0 Å². The predicted molar refractivity (Wildman–Crippen MR) is 120 cm³/mol. The van der Waals surface area contributed by atoms with E-state index in [9.17, 15) is 18.0 Å². The van der Waals surface area contributed by atoms with E-state index in [0.29, 0.717) is 30.2 Å². The maximum atomic E-state index is 12.7. The summed E-state index contributed by atoms with van der Waals surface area (Å²) in [4.78, 5) is 28.3. The van der Waals surface area contributed by atoms with E-state index in [1.807, 2.05) is 6.07 Å². The summed E-state index contributed by atoms with van der Waals surface area (Å²) < 4.78 is 27.9. The number of hydrogen-bond donors (Lipinski definition) is 4. The van der Waals surface area contributed by atoms with Crippen molar-refractivity contribution in [1.29, 1.82) is 0 Å². The number of rotatable bonds is 6. The van der Waals surface area contributed by atoms with E-state index in [-0.39, 0.29) is 11.4 Å². The number of carbonyl (C=O) groups excluding carboxylic acids is 2. The zero-order valence-corrected chi connectivity index (χ0v) is 17.7. The number of benzene rings is 2. The molecule has 0 aliphatic carbocycles. The van der Waals surface area contributed by atoms with Crippen LogP contribution in [0.2, 0.25) is 0 Å². The Labute approximate surface area is 181 Å². The number of para-hydroxylation sites is 1. The van der Waals surface area contributed by atoms with Gasteiger partial charge in [0.15, 0.2) is 0 Å². The van der Waals surface area contributed by atoms with Crippen LogP contribution in [-0.2, 0) is 14.8 Å². The maximum Gasteiger partial charge on any atom is 0.319 e. The predicted octanol–water partition coefficient (Wildman–Crippen LogP) is 2.70. The molecule has 0 atom stereocenters. The molecule has 3 rings (SSSR count). The Morgan fingerprint density at radius 3 is 2.48 bits per heavy atom. The van der Waals surface area contributed by atoms with Crippen LogP contribution < -0.4 is 20.7 Å². The van der Waals surface area contributed by atoms with Crippen molar-refractivity contribution in [2.24, 2.45) is 4.99 Å². The SMILES string of the molecule is O=C(CNC(=O)Nc1ccccc1)Nc1cccc(S(=O)(=O)NC2=NCCCCC2)c1. The van der Waals surface area contributed by atoms with E-state index in [1.165, 1.54) is 18.2 Å². The van der Waals surface area contributed by atoms with Gasteiger partial charge in [-0.2, -0.15) is 0 Å². The minimum atomic E-state index is -3.81. The summed E-state index contributed by atoms with van der Waals surface area (Å²) in [5.74, 6) is -0.0283. The van der Waals surface area contributed by atoms with Gasteiger partial charge in [0.1, 0.15) is 5.84 Å². The molecule has 1 aliphatic rings. The first kappa shape index (κ1) is 22.3. The summed E-state index contributed by atoms with van der Waals surface area (Å²) in [6.45, 7) is 0.337. The van der Waals surface area contributed by atoms with Gasteiger partial charge < -0.3 is 16.0 Å². The van der Waals surface area contributed by atoms with Crippen LogP contribution in [0.25, 0.3) is 0 Å². The molecule has 1 aliphatic heterocycles. The molecule has 0 aromatic heterocycles. The first-order valence-corrected chi connectivity index (χ1v) is 11.5. The van der Waals surface area contributed by atoms with Gasteiger partial charge in [-0.3, -0.25) is 14.5 Å². The summed E-state index contributed by atoms with van der Waals surface area (Å²) in [5, 5.41) is 7.64. The Bertz CT molecular complexity index is 1050. The van der Waals surface area contributed by atoms with Gasteiger partial charge >= 0.3 is 6.03 Å². The highest BCUT2D eigenvalue weighted by Crippen LogP contribution is 2.16. The van der Waals surface area contributed by atoms with Crippen LogP contribution in [0, 0.1) is 0 Å². The van der Waals surface area contributed by atoms with Crippen molar-refractivity contribution >= 4 is 39.2 Å². The van der Waals surface area contributed by atoms with Gasteiger partial charge in [0, 0.05) is 24.3 Å². The van der Waals surface area contributed by atoms with Gasteiger partial charge in [-0.25, -0.2) is 13.2 Å². The summed E-state index contributed by atoms with van der Waals surface area (Å²) >= 11 is 0. The third kappa shape index (κ3) is 7.10.